The van der Waals surface area contributed by atoms with Crippen molar-refractivity contribution in [3.8, 4) is 5.75 Å². The molecule has 2 aromatic rings. The number of hydrogen-bond donors (Lipinski definition) is 2. The van der Waals surface area contributed by atoms with Crippen LogP contribution in [0.2, 0.25) is 0 Å². The summed E-state index contributed by atoms with van der Waals surface area (Å²) in [5.74, 6) is 0.774. The molecule has 0 saturated carbocycles. The molecule has 0 aliphatic heterocycles. The van der Waals surface area contributed by atoms with Crippen molar-refractivity contribution in [2.24, 2.45) is 0 Å². The topological polar surface area (TPSA) is 49.9 Å². The Morgan fingerprint density at radius 3 is 2.95 bits per heavy atom. The fourth-order valence-corrected chi connectivity index (χ4v) is 2.07. The minimum Gasteiger partial charge on any atom is -0.494 e. The van der Waals surface area contributed by atoms with E-state index in [1.165, 1.54) is 7.11 Å². The molecule has 1 unspecified atom stereocenters. The van der Waals surface area contributed by atoms with E-state index >= 15 is 0 Å². The summed E-state index contributed by atoms with van der Waals surface area (Å²) in [6, 6.07) is 5.14. The number of halogens is 1. The molecule has 1 aromatic carbocycles. The second-order valence-electron chi connectivity index (χ2n) is 4.22. The summed E-state index contributed by atoms with van der Waals surface area (Å²) in [4.78, 5) is 7.29. The smallest absolute Gasteiger partial charge is 0.168 e. The van der Waals surface area contributed by atoms with Gasteiger partial charge in [0.2, 0.25) is 0 Å². The van der Waals surface area contributed by atoms with Crippen LogP contribution in [-0.2, 0) is 6.42 Å². The summed E-state index contributed by atoms with van der Waals surface area (Å²) in [6.45, 7) is 2.80. The lowest BCUT2D eigenvalue weighted by atomic mass is 10.0. The molecule has 0 bridgehead atoms. The monoisotopic (exact) mass is 263 g/mol. The number of nitrogens with zero attached hydrogens (tertiary/aromatic N) is 1. The van der Waals surface area contributed by atoms with Crippen LogP contribution in [0.5, 0.6) is 5.75 Å². The zero-order chi connectivity index (χ0) is 13.7. The van der Waals surface area contributed by atoms with Crippen molar-refractivity contribution in [3.05, 3.63) is 47.8 Å². The molecule has 1 atom stereocenters. The van der Waals surface area contributed by atoms with Crippen LogP contribution < -0.4 is 10.1 Å². The SMILES string of the molecule is CCNC(Cc1cccc(OC)c1F)c1ncc[nH]1. The van der Waals surface area contributed by atoms with Gasteiger partial charge < -0.3 is 15.0 Å². The fraction of sp³-hybridized carbons (Fsp3) is 0.357. The second-order valence-corrected chi connectivity index (χ2v) is 4.22. The van der Waals surface area contributed by atoms with Gasteiger partial charge in [0, 0.05) is 12.4 Å². The maximum atomic E-state index is 14.1. The molecule has 2 N–H and O–H groups in total. The van der Waals surface area contributed by atoms with Crippen LogP contribution in [0.3, 0.4) is 0 Å². The Kier molecular flexibility index (Phi) is 4.52. The van der Waals surface area contributed by atoms with Crippen molar-refractivity contribution in [1.82, 2.24) is 15.3 Å². The summed E-state index contributed by atoms with van der Waals surface area (Å²) in [7, 11) is 1.47. The van der Waals surface area contributed by atoms with Gasteiger partial charge in [-0.05, 0) is 24.6 Å². The van der Waals surface area contributed by atoms with E-state index in [4.69, 9.17) is 4.74 Å². The van der Waals surface area contributed by atoms with Gasteiger partial charge in [0.25, 0.3) is 0 Å². The van der Waals surface area contributed by atoms with E-state index in [1.54, 1.807) is 30.6 Å². The van der Waals surface area contributed by atoms with Gasteiger partial charge in [-0.2, -0.15) is 0 Å². The van der Waals surface area contributed by atoms with Crippen LogP contribution >= 0.6 is 0 Å². The van der Waals surface area contributed by atoms with Crippen LogP contribution in [0.25, 0.3) is 0 Å². The van der Waals surface area contributed by atoms with E-state index in [0.29, 0.717) is 12.0 Å². The average molecular weight is 263 g/mol. The van der Waals surface area contributed by atoms with Gasteiger partial charge in [-0.1, -0.05) is 19.1 Å². The van der Waals surface area contributed by atoms with Gasteiger partial charge in [-0.15, -0.1) is 0 Å². The first-order valence-electron chi connectivity index (χ1n) is 6.30. The summed E-state index contributed by atoms with van der Waals surface area (Å²) >= 11 is 0. The molecule has 0 aliphatic rings. The number of rotatable bonds is 6. The van der Waals surface area contributed by atoms with Crippen molar-refractivity contribution in [1.29, 1.82) is 0 Å². The number of benzene rings is 1. The number of aromatic amines is 1. The van der Waals surface area contributed by atoms with Gasteiger partial charge in [-0.3, -0.25) is 0 Å². The molecule has 4 nitrogen and oxygen atoms in total. The lowest BCUT2D eigenvalue weighted by Gasteiger charge is -2.16. The molecule has 1 aromatic heterocycles. The van der Waals surface area contributed by atoms with Crippen LogP contribution in [0.4, 0.5) is 4.39 Å². The molecule has 102 valence electrons. The standard InChI is InChI=1S/C14H18FN3O/c1-3-16-11(14-17-7-8-18-14)9-10-5-4-6-12(19-2)13(10)15/h4-8,11,16H,3,9H2,1-2H3,(H,17,18). The van der Waals surface area contributed by atoms with Crippen molar-refractivity contribution in [2.45, 2.75) is 19.4 Å². The largest absolute Gasteiger partial charge is 0.494 e. The van der Waals surface area contributed by atoms with Gasteiger partial charge in [-0.25, -0.2) is 9.37 Å². The quantitative estimate of drug-likeness (QED) is 0.841. The Morgan fingerprint density at radius 2 is 2.32 bits per heavy atom. The Balaban J connectivity index is 2.22. The minimum absolute atomic E-state index is 0.0402. The van der Waals surface area contributed by atoms with E-state index in [0.717, 1.165) is 12.4 Å². The van der Waals surface area contributed by atoms with Gasteiger partial charge in [0.15, 0.2) is 11.6 Å². The Labute approximate surface area is 112 Å². The lowest BCUT2D eigenvalue weighted by molar-refractivity contribution is 0.382. The highest BCUT2D eigenvalue weighted by atomic mass is 19.1. The van der Waals surface area contributed by atoms with E-state index in [1.807, 2.05) is 6.92 Å². The number of methoxy groups -OCH3 is 1. The molecule has 1 heterocycles. The van der Waals surface area contributed by atoms with E-state index < -0.39 is 0 Å². The molecule has 0 radical (unpaired) electrons. The summed E-state index contributed by atoms with van der Waals surface area (Å²) in [6.07, 6.45) is 3.98. The molecular formula is C14H18FN3O. The summed E-state index contributed by atoms with van der Waals surface area (Å²) in [5.41, 5.74) is 0.613. The van der Waals surface area contributed by atoms with Gasteiger partial charge in [0.1, 0.15) is 5.82 Å². The molecule has 0 saturated heterocycles. The van der Waals surface area contributed by atoms with Crippen molar-refractivity contribution in [2.75, 3.05) is 13.7 Å². The van der Waals surface area contributed by atoms with E-state index in [9.17, 15) is 4.39 Å². The Hall–Kier alpha value is -1.88. The third-order valence-corrected chi connectivity index (χ3v) is 2.99. The number of nitrogens with one attached hydrogen (secondary N) is 2. The number of ether oxygens (including phenoxy) is 1. The molecule has 5 heteroatoms. The first-order valence-corrected chi connectivity index (χ1v) is 6.30. The van der Waals surface area contributed by atoms with Crippen molar-refractivity contribution in [3.63, 3.8) is 0 Å². The number of aromatic nitrogens is 2. The first kappa shape index (κ1) is 13.5. The number of H-pyrrole nitrogens is 1. The zero-order valence-electron chi connectivity index (χ0n) is 11.1. The minimum atomic E-state index is -0.306. The third kappa shape index (κ3) is 3.12. The van der Waals surface area contributed by atoms with Crippen molar-refractivity contribution < 1.29 is 9.13 Å². The number of hydrogen-bond acceptors (Lipinski definition) is 3. The van der Waals surface area contributed by atoms with E-state index in [-0.39, 0.29) is 17.6 Å². The van der Waals surface area contributed by atoms with Crippen molar-refractivity contribution >= 4 is 0 Å². The predicted molar refractivity (Wildman–Crippen MR) is 71.7 cm³/mol. The lowest BCUT2D eigenvalue weighted by Crippen LogP contribution is -2.24. The van der Waals surface area contributed by atoms with E-state index in [2.05, 4.69) is 15.3 Å². The fourth-order valence-electron chi connectivity index (χ4n) is 2.07. The predicted octanol–water partition coefficient (Wildman–Crippen LogP) is 2.45. The number of imidazole rings is 1. The molecule has 2 rings (SSSR count). The van der Waals surface area contributed by atoms with Gasteiger partial charge in [0.05, 0.1) is 13.2 Å². The van der Waals surface area contributed by atoms with Crippen LogP contribution in [-0.4, -0.2) is 23.6 Å². The average Bonchev–Trinajstić information content (AvgIpc) is 2.94. The molecule has 19 heavy (non-hydrogen) atoms. The third-order valence-electron chi connectivity index (χ3n) is 2.99. The second kappa shape index (κ2) is 6.33. The highest BCUT2D eigenvalue weighted by Gasteiger charge is 2.17. The maximum Gasteiger partial charge on any atom is 0.168 e. The first-order chi connectivity index (χ1) is 9.26. The normalized spacial score (nSPS) is 12.4. The highest BCUT2D eigenvalue weighted by Crippen LogP contribution is 2.24. The molecule has 0 aliphatic carbocycles. The number of likely N-dealkylation sites (N-methyl/N-ethyl adjacent to an activating group) is 1. The molecule has 0 amide bonds. The highest BCUT2D eigenvalue weighted by molar-refractivity contribution is 5.31. The maximum absolute atomic E-state index is 14.1. The van der Waals surface area contributed by atoms with Crippen LogP contribution in [0.15, 0.2) is 30.6 Å². The zero-order valence-corrected chi connectivity index (χ0v) is 11.1. The Morgan fingerprint density at radius 1 is 1.47 bits per heavy atom. The van der Waals surface area contributed by atoms with Gasteiger partial charge >= 0.3 is 0 Å². The summed E-state index contributed by atoms with van der Waals surface area (Å²) in [5, 5.41) is 3.30. The van der Waals surface area contributed by atoms with Crippen LogP contribution in [0, 0.1) is 5.82 Å². The summed E-state index contributed by atoms with van der Waals surface area (Å²) < 4.78 is 19.1. The molecule has 0 spiro atoms. The Bertz CT molecular complexity index is 513. The van der Waals surface area contributed by atoms with Crippen LogP contribution in [0.1, 0.15) is 24.4 Å². The molecule has 0 fully saturated rings. The molecular weight excluding hydrogens is 245 g/mol.